The average molecular weight is 288 g/mol. The molecule has 2 aliphatic heterocycles. The minimum absolute atomic E-state index is 0.357. The van der Waals surface area contributed by atoms with Gasteiger partial charge in [-0.15, -0.1) is 0 Å². The SMILES string of the molecule is CC(c1ccc(O)cc1)N1CCC(CN2CCCC2)CC1. The maximum absolute atomic E-state index is 9.40. The van der Waals surface area contributed by atoms with Crippen LogP contribution in [-0.2, 0) is 0 Å². The highest BCUT2D eigenvalue weighted by Crippen LogP contribution is 2.28. The van der Waals surface area contributed by atoms with Crippen LogP contribution in [0, 0.1) is 5.92 Å². The number of aromatic hydroxyl groups is 1. The molecule has 0 amide bonds. The summed E-state index contributed by atoms with van der Waals surface area (Å²) in [6.45, 7) is 8.67. The van der Waals surface area contributed by atoms with E-state index < -0.39 is 0 Å². The zero-order chi connectivity index (χ0) is 14.7. The summed E-state index contributed by atoms with van der Waals surface area (Å²) in [5, 5.41) is 9.40. The maximum Gasteiger partial charge on any atom is 0.115 e. The molecular formula is C18H28N2O. The van der Waals surface area contributed by atoms with Gasteiger partial charge in [-0.05, 0) is 82.4 Å². The van der Waals surface area contributed by atoms with Gasteiger partial charge in [-0.1, -0.05) is 12.1 Å². The minimum atomic E-state index is 0.357. The Kier molecular flexibility index (Phi) is 4.81. The summed E-state index contributed by atoms with van der Waals surface area (Å²) < 4.78 is 0. The Labute approximate surface area is 128 Å². The van der Waals surface area contributed by atoms with E-state index in [1.165, 1.54) is 64.0 Å². The van der Waals surface area contributed by atoms with Crippen molar-refractivity contribution in [2.75, 3.05) is 32.7 Å². The van der Waals surface area contributed by atoms with Crippen molar-refractivity contribution in [3.8, 4) is 5.75 Å². The number of nitrogens with zero attached hydrogens (tertiary/aromatic N) is 2. The molecule has 3 nitrogen and oxygen atoms in total. The highest BCUT2D eigenvalue weighted by atomic mass is 16.3. The number of hydrogen-bond acceptors (Lipinski definition) is 3. The largest absolute Gasteiger partial charge is 0.508 e. The van der Waals surface area contributed by atoms with Crippen molar-refractivity contribution in [3.63, 3.8) is 0 Å². The summed E-state index contributed by atoms with van der Waals surface area (Å²) in [6.07, 6.45) is 5.46. The quantitative estimate of drug-likeness (QED) is 0.921. The van der Waals surface area contributed by atoms with E-state index in [1.54, 1.807) is 12.1 Å². The predicted octanol–water partition coefficient (Wildman–Crippen LogP) is 3.26. The zero-order valence-electron chi connectivity index (χ0n) is 13.2. The summed E-state index contributed by atoms with van der Waals surface area (Å²) in [4.78, 5) is 5.25. The first-order valence-corrected chi connectivity index (χ1v) is 8.48. The molecule has 2 heterocycles. The molecule has 0 radical (unpaired) electrons. The third kappa shape index (κ3) is 3.78. The maximum atomic E-state index is 9.40. The van der Waals surface area contributed by atoms with Gasteiger partial charge in [0.15, 0.2) is 0 Å². The highest BCUT2D eigenvalue weighted by molar-refractivity contribution is 5.27. The molecule has 0 aromatic heterocycles. The lowest BCUT2D eigenvalue weighted by molar-refractivity contribution is 0.122. The van der Waals surface area contributed by atoms with E-state index in [0.717, 1.165) is 5.92 Å². The number of piperidine rings is 1. The number of rotatable bonds is 4. The Hall–Kier alpha value is -1.06. The van der Waals surface area contributed by atoms with Crippen LogP contribution in [0.2, 0.25) is 0 Å². The van der Waals surface area contributed by atoms with Crippen LogP contribution in [0.25, 0.3) is 0 Å². The summed E-state index contributed by atoms with van der Waals surface area (Å²) in [5.74, 6) is 1.25. The van der Waals surface area contributed by atoms with Gasteiger partial charge in [-0.25, -0.2) is 0 Å². The van der Waals surface area contributed by atoms with Gasteiger partial charge >= 0.3 is 0 Å². The number of phenols is 1. The Morgan fingerprint density at radius 2 is 1.67 bits per heavy atom. The molecule has 0 spiro atoms. The Morgan fingerprint density at radius 1 is 1.05 bits per heavy atom. The molecule has 3 rings (SSSR count). The summed E-state index contributed by atoms with van der Waals surface area (Å²) in [6, 6.07) is 8.16. The van der Waals surface area contributed by atoms with E-state index in [-0.39, 0.29) is 0 Å². The second-order valence-corrected chi connectivity index (χ2v) is 6.75. The van der Waals surface area contributed by atoms with Gasteiger partial charge in [-0.3, -0.25) is 4.90 Å². The molecule has 3 heteroatoms. The van der Waals surface area contributed by atoms with Crippen LogP contribution in [0.4, 0.5) is 0 Å². The van der Waals surface area contributed by atoms with Crippen molar-refractivity contribution in [1.82, 2.24) is 9.80 Å². The molecule has 0 aliphatic carbocycles. The Bertz CT molecular complexity index is 431. The first kappa shape index (κ1) is 14.9. The predicted molar refractivity (Wildman–Crippen MR) is 86.5 cm³/mol. The van der Waals surface area contributed by atoms with Crippen molar-refractivity contribution < 1.29 is 5.11 Å². The monoisotopic (exact) mass is 288 g/mol. The van der Waals surface area contributed by atoms with Gasteiger partial charge in [-0.2, -0.15) is 0 Å². The minimum Gasteiger partial charge on any atom is -0.508 e. The third-order valence-corrected chi connectivity index (χ3v) is 5.29. The molecule has 0 saturated carbocycles. The summed E-state index contributed by atoms with van der Waals surface area (Å²) in [5.41, 5.74) is 1.31. The van der Waals surface area contributed by atoms with Crippen molar-refractivity contribution >= 4 is 0 Å². The van der Waals surface area contributed by atoms with E-state index in [2.05, 4.69) is 28.9 Å². The molecule has 21 heavy (non-hydrogen) atoms. The number of benzene rings is 1. The molecule has 1 atom stereocenters. The second kappa shape index (κ2) is 6.80. The van der Waals surface area contributed by atoms with Gasteiger partial charge in [0.05, 0.1) is 0 Å². The highest BCUT2D eigenvalue weighted by Gasteiger charge is 2.25. The fourth-order valence-corrected chi connectivity index (χ4v) is 3.82. The smallest absolute Gasteiger partial charge is 0.115 e. The van der Waals surface area contributed by atoms with Crippen LogP contribution in [0.15, 0.2) is 24.3 Å². The first-order valence-electron chi connectivity index (χ1n) is 8.48. The first-order chi connectivity index (χ1) is 10.2. The lowest BCUT2D eigenvalue weighted by atomic mass is 9.94. The van der Waals surface area contributed by atoms with Gasteiger partial charge in [0.25, 0.3) is 0 Å². The third-order valence-electron chi connectivity index (χ3n) is 5.29. The van der Waals surface area contributed by atoms with Crippen LogP contribution in [0.3, 0.4) is 0 Å². The Balaban J connectivity index is 1.49. The molecule has 1 N–H and O–H groups in total. The van der Waals surface area contributed by atoms with E-state index >= 15 is 0 Å². The summed E-state index contributed by atoms with van der Waals surface area (Å²) >= 11 is 0. The van der Waals surface area contributed by atoms with Crippen molar-refractivity contribution in [3.05, 3.63) is 29.8 Å². The van der Waals surface area contributed by atoms with E-state index in [9.17, 15) is 5.11 Å². The molecule has 2 saturated heterocycles. The topological polar surface area (TPSA) is 26.7 Å². The normalized spacial score (nSPS) is 23.5. The van der Waals surface area contributed by atoms with Crippen LogP contribution < -0.4 is 0 Å². The summed E-state index contributed by atoms with van der Waals surface area (Å²) in [7, 11) is 0. The van der Waals surface area contributed by atoms with Crippen molar-refractivity contribution in [2.24, 2.45) is 5.92 Å². The van der Waals surface area contributed by atoms with Crippen LogP contribution in [0.1, 0.15) is 44.2 Å². The van der Waals surface area contributed by atoms with Crippen molar-refractivity contribution in [1.29, 1.82) is 0 Å². The van der Waals surface area contributed by atoms with Gasteiger partial charge in [0.2, 0.25) is 0 Å². The molecule has 0 bridgehead atoms. The van der Waals surface area contributed by atoms with E-state index in [4.69, 9.17) is 0 Å². The number of hydrogen-bond donors (Lipinski definition) is 1. The van der Waals surface area contributed by atoms with Crippen molar-refractivity contribution in [2.45, 2.75) is 38.6 Å². The second-order valence-electron chi connectivity index (χ2n) is 6.75. The number of likely N-dealkylation sites (tertiary alicyclic amines) is 2. The molecule has 2 fully saturated rings. The van der Waals surface area contributed by atoms with Crippen LogP contribution >= 0.6 is 0 Å². The molecule has 2 aliphatic rings. The molecule has 1 unspecified atom stereocenters. The molecule has 1 aromatic rings. The number of phenolic OH excluding ortho intramolecular Hbond substituents is 1. The fraction of sp³-hybridized carbons (Fsp3) is 0.667. The van der Waals surface area contributed by atoms with Gasteiger partial charge in [0.1, 0.15) is 5.75 Å². The van der Waals surface area contributed by atoms with Crippen LogP contribution in [0.5, 0.6) is 5.75 Å². The molecule has 1 aromatic carbocycles. The van der Waals surface area contributed by atoms with Crippen LogP contribution in [-0.4, -0.2) is 47.6 Å². The fourth-order valence-electron chi connectivity index (χ4n) is 3.82. The van der Waals surface area contributed by atoms with E-state index in [1.807, 2.05) is 0 Å². The standard InChI is InChI=1S/C18H28N2O/c1-15(17-4-6-18(21)7-5-17)20-12-8-16(9-13-20)14-19-10-2-3-11-19/h4-7,15-16,21H,2-3,8-14H2,1H3. The van der Waals surface area contributed by atoms with E-state index in [0.29, 0.717) is 11.8 Å². The molecular weight excluding hydrogens is 260 g/mol. The lowest BCUT2D eigenvalue weighted by Crippen LogP contribution is -2.39. The molecule has 116 valence electrons. The Morgan fingerprint density at radius 3 is 2.29 bits per heavy atom. The average Bonchev–Trinajstić information content (AvgIpc) is 3.01. The van der Waals surface area contributed by atoms with Gasteiger partial charge in [0, 0.05) is 12.6 Å². The zero-order valence-corrected chi connectivity index (χ0v) is 13.2. The van der Waals surface area contributed by atoms with Gasteiger partial charge < -0.3 is 10.0 Å². The lowest BCUT2D eigenvalue weighted by Gasteiger charge is -2.37.